The SMILES string of the molecule is COc1cc(N)ccc1S(=O)(=O)CC(=O)NC(N)=O. The number of sulfone groups is 1. The van der Waals surface area contributed by atoms with Gasteiger partial charge in [0.25, 0.3) is 0 Å². The zero-order valence-electron chi connectivity index (χ0n) is 10.0. The minimum Gasteiger partial charge on any atom is -0.495 e. The van der Waals surface area contributed by atoms with E-state index in [9.17, 15) is 18.0 Å². The lowest BCUT2D eigenvalue weighted by molar-refractivity contribution is -0.117. The largest absolute Gasteiger partial charge is 0.495 e. The number of carbonyl (C=O) groups is 2. The predicted molar refractivity (Wildman–Crippen MR) is 67.2 cm³/mol. The molecule has 0 aromatic heterocycles. The third-order valence-corrected chi connectivity index (χ3v) is 3.76. The Morgan fingerprint density at radius 3 is 2.53 bits per heavy atom. The standard InChI is InChI=1S/C10H13N3O5S/c1-18-7-4-6(11)2-3-8(7)19(16,17)5-9(14)13-10(12)15/h2-4H,5,11H2,1H3,(H3,12,13,14,15). The highest BCUT2D eigenvalue weighted by atomic mass is 32.2. The average Bonchev–Trinajstić information content (AvgIpc) is 2.26. The van der Waals surface area contributed by atoms with E-state index in [0.29, 0.717) is 5.69 Å². The highest BCUT2D eigenvalue weighted by molar-refractivity contribution is 7.92. The molecule has 0 saturated heterocycles. The van der Waals surface area contributed by atoms with E-state index in [4.69, 9.17) is 16.2 Å². The summed E-state index contributed by atoms with van der Waals surface area (Å²) < 4.78 is 28.9. The monoisotopic (exact) mass is 287 g/mol. The van der Waals surface area contributed by atoms with Crippen molar-refractivity contribution >= 4 is 27.5 Å². The molecule has 0 aliphatic carbocycles. The van der Waals surface area contributed by atoms with Gasteiger partial charge in [-0.05, 0) is 12.1 Å². The number of primary amides is 1. The van der Waals surface area contributed by atoms with E-state index in [1.54, 1.807) is 5.32 Å². The van der Waals surface area contributed by atoms with E-state index in [1.165, 1.54) is 25.3 Å². The van der Waals surface area contributed by atoms with Crippen LogP contribution in [0.2, 0.25) is 0 Å². The number of ether oxygens (including phenoxy) is 1. The van der Waals surface area contributed by atoms with E-state index in [0.717, 1.165) is 0 Å². The van der Waals surface area contributed by atoms with Gasteiger partial charge in [-0.1, -0.05) is 0 Å². The van der Waals surface area contributed by atoms with Crippen LogP contribution in [-0.2, 0) is 14.6 Å². The Labute approximate surface area is 109 Å². The van der Waals surface area contributed by atoms with Gasteiger partial charge in [-0.15, -0.1) is 0 Å². The van der Waals surface area contributed by atoms with Crippen molar-refractivity contribution in [2.24, 2.45) is 5.73 Å². The van der Waals surface area contributed by atoms with Gasteiger partial charge in [-0.25, -0.2) is 13.2 Å². The fourth-order valence-corrected chi connectivity index (χ4v) is 2.66. The van der Waals surface area contributed by atoms with Crippen molar-refractivity contribution in [1.82, 2.24) is 5.32 Å². The molecular formula is C10H13N3O5S. The molecule has 0 atom stereocenters. The fourth-order valence-electron chi connectivity index (χ4n) is 1.36. The number of anilines is 1. The Morgan fingerprint density at radius 2 is 2.00 bits per heavy atom. The molecule has 0 heterocycles. The van der Waals surface area contributed by atoms with Crippen LogP contribution in [0.25, 0.3) is 0 Å². The molecule has 0 bridgehead atoms. The summed E-state index contributed by atoms with van der Waals surface area (Å²) in [5.74, 6) is -1.92. The maximum atomic E-state index is 12.0. The van der Waals surface area contributed by atoms with E-state index < -0.39 is 27.5 Å². The number of hydrogen-bond donors (Lipinski definition) is 3. The number of nitrogens with one attached hydrogen (secondary N) is 1. The number of hydrogen-bond acceptors (Lipinski definition) is 6. The van der Waals surface area contributed by atoms with Crippen LogP contribution in [0.15, 0.2) is 23.1 Å². The smallest absolute Gasteiger partial charge is 0.318 e. The molecule has 9 heteroatoms. The second kappa shape index (κ2) is 5.57. The Bertz CT molecular complexity index is 612. The second-order valence-electron chi connectivity index (χ2n) is 3.58. The van der Waals surface area contributed by atoms with Crippen LogP contribution in [0.4, 0.5) is 10.5 Å². The first-order valence-electron chi connectivity index (χ1n) is 5.02. The molecule has 0 unspecified atom stereocenters. The molecule has 1 aromatic carbocycles. The number of benzene rings is 1. The molecule has 19 heavy (non-hydrogen) atoms. The van der Waals surface area contributed by atoms with Crippen molar-refractivity contribution in [2.75, 3.05) is 18.6 Å². The summed E-state index contributed by atoms with van der Waals surface area (Å²) in [7, 11) is -2.69. The summed E-state index contributed by atoms with van der Waals surface area (Å²) in [5, 5.41) is 1.67. The first-order chi connectivity index (χ1) is 8.76. The maximum Gasteiger partial charge on any atom is 0.318 e. The van der Waals surface area contributed by atoms with Gasteiger partial charge in [-0.2, -0.15) is 0 Å². The highest BCUT2D eigenvalue weighted by Crippen LogP contribution is 2.26. The Balaban J connectivity index is 3.07. The quantitative estimate of drug-likeness (QED) is 0.622. The maximum absolute atomic E-state index is 12.0. The Hall–Kier alpha value is -2.29. The summed E-state index contributed by atoms with van der Waals surface area (Å²) in [6, 6.07) is 2.78. The van der Waals surface area contributed by atoms with Crippen LogP contribution in [0.5, 0.6) is 5.75 Å². The van der Waals surface area contributed by atoms with Crippen molar-refractivity contribution in [1.29, 1.82) is 0 Å². The van der Waals surface area contributed by atoms with Gasteiger partial charge >= 0.3 is 6.03 Å². The summed E-state index contributed by atoms with van der Waals surface area (Å²) in [5.41, 5.74) is 10.5. The minimum absolute atomic E-state index is 0.0203. The molecule has 0 aliphatic rings. The van der Waals surface area contributed by atoms with Gasteiger partial charge in [0, 0.05) is 11.8 Å². The molecule has 104 valence electrons. The Morgan fingerprint density at radius 1 is 1.37 bits per heavy atom. The molecule has 0 radical (unpaired) electrons. The lowest BCUT2D eigenvalue weighted by Gasteiger charge is -2.09. The van der Waals surface area contributed by atoms with Crippen molar-refractivity contribution in [2.45, 2.75) is 4.90 Å². The number of imide groups is 1. The molecule has 8 nitrogen and oxygen atoms in total. The van der Waals surface area contributed by atoms with E-state index in [1.807, 2.05) is 0 Å². The number of amides is 3. The molecule has 0 spiro atoms. The fraction of sp³-hybridized carbons (Fsp3) is 0.200. The molecule has 1 aromatic rings. The first-order valence-corrected chi connectivity index (χ1v) is 6.67. The van der Waals surface area contributed by atoms with Crippen LogP contribution < -0.4 is 21.5 Å². The van der Waals surface area contributed by atoms with E-state index in [2.05, 4.69) is 0 Å². The molecule has 1 rings (SSSR count). The summed E-state index contributed by atoms with van der Waals surface area (Å²) in [6.45, 7) is 0. The zero-order chi connectivity index (χ0) is 14.6. The summed E-state index contributed by atoms with van der Waals surface area (Å²) >= 11 is 0. The molecule has 3 amide bonds. The van der Waals surface area contributed by atoms with Crippen LogP contribution in [0, 0.1) is 0 Å². The van der Waals surface area contributed by atoms with Crippen molar-refractivity contribution in [3.8, 4) is 5.75 Å². The predicted octanol–water partition coefficient (Wildman–Crippen LogP) is -0.754. The van der Waals surface area contributed by atoms with E-state index in [-0.39, 0.29) is 10.6 Å². The number of nitrogens with two attached hydrogens (primary N) is 2. The molecule has 5 N–H and O–H groups in total. The minimum atomic E-state index is -3.97. The zero-order valence-corrected chi connectivity index (χ0v) is 10.9. The molecule has 0 aliphatic heterocycles. The molecular weight excluding hydrogens is 274 g/mol. The van der Waals surface area contributed by atoms with Gasteiger partial charge in [0.1, 0.15) is 16.4 Å². The van der Waals surface area contributed by atoms with Gasteiger partial charge in [0.2, 0.25) is 5.91 Å². The third kappa shape index (κ3) is 3.85. The molecule has 0 saturated carbocycles. The van der Waals surface area contributed by atoms with E-state index >= 15 is 0 Å². The van der Waals surface area contributed by atoms with Crippen LogP contribution in [-0.4, -0.2) is 33.2 Å². The summed E-state index contributed by atoms with van der Waals surface area (Å²) in [4.78, 5) is 21.5. The third-order valence-electron chi connectivity index (χ3n) is 2.11. The normalized spacial score (nSPS) is 10.8. The highest BCUT2D eigenvalue weighted by Gasteiger charge is 2.23. The first kappa shape index (κ1) is 14.8. The molecule has 0 fully saturated rings. The second-order valence-corrected chi connectivity index (χ2v) is 5.54. The van der Waals surface area contributed by atoms with Gasteiger partial charge < -0.3 is 16.2 Å². The van der Waals surface area contributed by atoms with Gasteiger partial charge in [0.05, 0.1) is 7.11 Å². The topological polar surface area (TPSA) is 142 Å². The Kier molecular flexibility index (Phi) is 4.33. The van der Waals surface area contributed by atoms with Crippen molar-refractivity contribution in [3.05, 3.63) is 18.2 Å². The van der Waals surface area contributed by atoms with Gasteiger partial charge in [-0.3, -0.25) is 10.1 Å². The van der Waals surface area contributed by atoms with Crippen molar-refractivity contribution in [3.63, 3.8) is 0 Å². The number of methoxy groups -OCH3 is 1. The number of urea groups is 1. The number of carbonyl (C=O) groups excluding carboxylic acids is 2. The van der Waals surface area contributed by atoms with Crippen LogP contribution >= 0.6 is 0 Å². The lowest BCUT2D eigenvalue weighted by Crippen LogP contribution is -2.38. The van der Waals surface area contributed by atoms with Crippen LogP contribution in [0.1, 0.15) is 0 Å². The average molecular weight is 287 g/mol. The van der Waals surface area contributed by atoms with Crippen molar-refractivity contribution < 1.29 is 22.7 Å². The number of rotatable bonds is 4. The van der Waals surface area contributed by atoms with Gasteiger partial charge in [0.15, 0.2) is 9.84 Å². The lowest BCUT2D eigenvalue weighted by atomic mass is 10.3. The van der Waals surface area contributed by atoms with Crippen LogP contribution in [0.3, 0.4) is 0 Å². The summed E-state index contributed by atoms with van der Waals surface area (Å²) in [6.07, 6.45) is 0. The number of nitrogen functional groups attached to an aromatic ring is 1.